The molecule has 0 amide bonds. The van der Waals surface area contributed by atoms with Gasteiger partial charge in [0.15, 0.2) is 0 Å². The van der Waals surface area contributed by atoms with Gasteiger partial charge < -0.3 is 5.11 Å². The highest BCUT2D eigenvalue weighted by molar-refractivity contribution is 5.77. The maximum atomic E-state index is 11.4. The van der Waals surface area contributed by atoms with Gasteiger partial charge in [-0.25, -0.2) is 0 Å². The van der Waals surface area contributed by atoms with Crippen LogP contribution in [0.2, 0.25) is 0 Å². The van der Waals surface area contributed by atoms with Crippen LogP contribution in [-0.2, 0) is 4.79 Å². The van der Waals surface area contributed by atoms with Gasteiger partial charge in [0.25, 0.3) is 0 Å². The largest absolute Gasteiger partial charge is 0.481 e. The summed E-state index contributed by atoms with van der Waals surface area (Å²) in [4.78, 5) is 11.4. The SMILES string of the molecule is Cc1ccc(C(C)C)cc1C(C(=O)O)C1CC1. The van der Waals surface area contributed by atoms with Gasteiger partial charge in [-0.3, -0.25) is 4.79 Å². The molecule has 17 heavy (non-hydrogen) atoms. The van der Waals surface area contributed by atoms with Crippen molar-refractivity contribution < 1.29 is 9.90 Å². The molecule has 0 heterocycles. The molecule has 1 atom stereocenters. The molecule has 92 valence electrons. The van der Waals surface area contributed by atoms with Crippen molar-refractivity contribution in [1.29, 1.82) is 0 Å². The van der Waals surface area contributed by atoms with Crippen molar-refractivity contribution in [2.45, 2.75) is 45.4 Å². The summed E-state index contributed by atoms with van der Waals surface area (Å²) < 4.78 is 0. The van der Waals surface area contributed by atoms with Crippen LogP contribution in [0.3, 0.4) is 0 Å². The van der Waals surface area contributed by atoms with Crippen molar-refractivity contribution in [2.75, 3.05) is 0 Å². The van der Waals surface area contributed by atoms with Gasteiger partial charge in [-0.2, -0.15) is 0 Å². The predicted octanol–water partition coefficient (Wildman–Crippen LogP) is 3.70. The molecule has 1 saturated carbocycles. The van der Waals surface area contributed by atoms with Crippen molar-refractivity contribution in [3.63, 3.8) is 0 Å². The zero-order valence-electron chi connectivity index (χ0n) is 10.7. The Balaban J connectivity index is 2.40. The normalized spacial score (nSPS) is 17.2. The molecule has 1 N–H and O–H groups in total. The van der Waals surface area contributed by atoms with Gasteiger partial charge in [-0.05, 0) is 48.3 Å². The van der Waals surface area contributed by atoms with Gasteiger partial charge in [-0.1, -0.05) is 32.0 Å². The number of carbonyl (C=O) groups is 1. The number of aliphatic carboxylic acids is 1. The lowest BCUT2D eigenvalue weighted by Gasteiger charge is -2.17. The molecule has 0 spiro atoms. The fraction of sp³-hybridized carbons (Fsp3) is 0.533. The molecule has 1 aliphatic carbocycles. The second-order valence-corrected chi connectivity index (χ2v) is 5.42. The molecule has 2 heteroatoms. The molecule has 2 rings (SSSR count). The predicted molar refractivity (Wildman–Crippen MR) is 68.4 cm³/mol. The van der Waals surface area contributed by atoms with Crippen LogP contribution in [0.1, 0.15) is 55.2 Å². The zero-order valence-corrected chi connectivity index (χ0v) is 10.7. The number of hydrogen-bond acceptors (Lipinski definition) is 1. The Morgan fingerprint density at radius 3 is 2.47 bits per heavy atom. The average molecular weight is 232 g/mol. The van der Waals surface area contributed by atoms with E-state index >= 15 is 0 Å². The van der Waals surface area contributed by atoms with Crippen molar-refractivity contribution in [3.8, 4) is 0 Å². The van der Waals surface area contributed by atoms with Crippen LogP contribution in [0.25, 0.3) is 0 Å². The highest BCUT2D eigenvalue weighted by atomic mass is 16.4. The number of benzene rings is 1. The van der Waals surface area contributed by atoms with Crippen LogP contribution >= 0.6 is 0 Å². The Morgan fingerprint density at radius 1 is 1.35 bits per heavy atom. The number of rotatable bonds is 4. The van der Waals surface area contributed by atoms with Gasteiger partial charge in [0.2, 0.25) is 0 Å². The summed E-state index contributed by atoms with van der Waals surface area (Å²) in [6.07, 6.45) is 2.12. The molecule has 0 radical (unpaired) electrons. The van der Waals surface area contributed by atoms with Gasteiger partial charge in [0.05, 0.1) is 5.92 Å². The van der Waals surface area contributed by atoms with Crippen LogP contribution < -0.4 is 0 Å². The molecular weight excluding hydrogens is 212 g/mol. The molecule has 1 aliphatic rings. The van der Waals surface area contributed by atoms with E-state index in [1.165, 1.54) is 5.56 Å². The Bertz CT molecular complexity index is 431. The minimum Gasteiger partial charge on any atom is -0.481 e. The van der Waals surface area contributed by atoms with E-state index < -0.39 is 5.97 Å². The summed E-state index contributed by atoms with van der Waals surface area (Å²) >= 11 is 0. The molecule has 0 aliphatic heterocycles. The minimum absolute atomic E-state index is 0.298. The maximum Gasteiger partial charge on any atom is 0.311 e. The summed E-state index contributed by atoms with van der Waals surface area (Å²) in [6, 6.07) is 6.26. The summed E-state index contributed by atoms with van der Waals surface area (Å²) in [5.74, 6) is -0.165. The quantitative estimate of drug-likeness (QED) is 0.859. The number of carboxylic acid groups (broad SMARTS) is 1. The lowest BCUT2D eigenvalue weighted by atomic mass is 9.87. The molecule has 1 aromatic rings. The van der Waals surface area contributed by atoms with Crippen LogP contribution in [0.15, 0.2) is 18.2 Å². The maximum absolute atomic E-state index is 11.4. The Kier molecular flexibility index (Phi) is 3.23. The molecular formula is C15H20O2. The second kappa shape index (κ2) is 4.52. The molecule has 2 nitrogen and oxygen atoms in total. The second-order valence-electron chi connectivity index (χ2n) is 5.42. The molecule has 0 aromatic heterocycles. The van der Waals surface area contributed by atoms with E-state index in [0.717, 1.165) is 24.0 Å². The highest BCUT2D eigenvalue weighted by Crippen LogP contribution is 2.44. The van der Waals surface area contributed by atoms with Crippen molar-refractivity contribution >= 4 is 5.97 Å². The Morgan fingerprint density at radius 2 is 2.00 bits per heavy atom. The summed E-state index contributed by atoms with van der Waals surface area (Å²) in [5.41, 5.74) is 3.36. The first-order valence-electron chi connectivity index (χ1n) is 6.34. The van der Waals surface area contributed by atoms with Crippen molar-refractivity contribution in [2.24, 2.45) is 5.92 Å². The molecule has 0 saturated heterocycles. The van der Waals surface area contributed by atoms with Gasteiger partial charge >= 0.3 is 5.97 Å². The van der Waals surface area contributed by atoms with E-state index in [9.17, 15) is 9.90 Å². The summed E-state index contributed by atoms with van der Waals surface area (Å²) in [5, 5.41) is 9.39. The summed E-state index contributed by atoms with van der Waals surface area (Å²) in [6.45, 7) is 6.29. The first kappa shape index (κ1) is 12.2. The van der Waals surface area contributed by atoms with E-state index in [0.29, 0.717) is 11.8 Å². The molecule has 1 unspecified atom stereocenters. The van der Waals surface area contributed by atoms with Crippen molar-refractivity contribution in [3.05, 3.63) is 34.9 Å². The van der Waals surface area contributed by atoms with E-state index in [2.05, 4.69) is 32.0 Å². The van der Waals surface area contributed by atoms with Crippen molar-refractivity contribution in [1.82, 2.24) is 0 Å². The number of aryl methyl sites for hydroxylation is 1. The third-order valence-corrected chi connectivity index (χ3v) is 3.66. The number of carboxylic acids is 1. The first-order chi connectivity index (χ1) is 8.00. The van der Waals surface area contributed by atoms with Crippen LogP contribution in [0.4, 0.5) is 0 Å². The molecule has 1 aromatic carbocycles. The zero-order chi connectivity index (χ0) is 12.6. The molecule has 0 bridgehead atoms. The molecule has 1 fully saturated rings. The fourth-order valence-electron chi connectivity index (χ4n) is 2.37. The van der Waals surface area contributed by atoms with Gasteiger partial charge in [0.1, 0.15) is 0 Å². The van der Waals surface area contributed by atoms with E-state index in [4.69, 9.17) is 0 Å². The van der Waals surface area contributed by atoms with Crippen LogP contribution in [0, 0.1) is 12.8 Å². The topological polar surface area (TPSA) is 37.3 Å². The van der Waals surface area contributed by atoms with E-state index in [1.54, 1.807) is 0 Å². The third-order valence-electron chi connectivity index (χ3n) is 3.66. The van der Waals surface area contributed by atoms with E-state index in [1.807, 2.05) is 6.92 Å². The van der Waals surface area contributed by atoms with E-state index in [-0.39, 0.29) is 5.92 Å². The fourth-order valence-corrected chi connectivity index (χ4v) is 2.37. The Hall–Kier alpha value is -1.31. The highest BCUT2D eigenvalue weighted by Gasteiger charge is 2.38. The average Bonchev–Trinajstić information content (AvgIpc) is 3.04. The van der Waals surface area contributed by atoms with Crippen LogP contribution in [-0.4, -0.2) is 11.1 Å². The summed E-state index contributed by atoms with van der Waals surface area (Å²) in [7, 11) is 0. The monoisotopic (exact) mass is 232 g/mol. The third kappa shape index (κ3) is 2.51. The first-order valence-corrected chi connectivity index (χ1v) is 6.34. The standard InChI is InChI=1S/C15H20O2/c1-9(2)12-5-4-10(3)13(8-12)14(15(16)17)11-6-7-11/h4-5,8-9,11,14H,6-7H2,1-3H3,(H,16,17). The van der Waals surface area contributed by atoms with Crippen LogP contribution in [0.5, 0.6) is 0 Å². The lowest BCUT2D eigenvalue weighted by molar-refractivity contribution is -0.139. The minimum atomic E-state index is -0.670. The van der Waals surface area contributed by atoms with Gasteiger partial charge in [0, 0.05) is 0 Å². The Labute approximate surface area is 103 Å². The number of hydrogen-bond donors (Lipinski definition) is 1. The lowest BCUT2D eigenvalue weighted by Crippen LogP contribution is -2.15. The smallest absolute Gasteiger partial charge is 0.311 e. The van der Waals surface area contributed by atoms with Gasteiger partial charge in [-0.15, -0.1) is 0 Å².